The largest absolute Gasteiger partial charge is 0.507 e. The monoisotopic (exact) mass is 199 g/mol. The Bertz CT molecular complexity index is 276. The molecule has 0 unspecified atom stereocenters. The van der Waals surface area contributed by atoms with E-state index in [2.05, 4.69) is 4.84 Å². The Morgan fingerprint density at radius 1 is 1.31 bits per heavy atom. The summed E-state index contributed by atoms with van der Waals surface area (Å²) in [4.78, 5) is 2.58. The summed E-state index contributed by atoms with van der Waals surface area (Å²) in [5, 5.41) is 9.51. The van der Waals surface area contributed by atoms with Crippen LogP contribution in [0.15, 0.2) is 12.1 Å². The Morgan fingerprint density at radius 2 is 1.85 bits per heavy atom. The van der Waals surface area contributed by atoms with Crippen LogP contribution in [0.1, 0.15) is 16.7 Å². The lowest BCUT2D eigenvalue weighted by molar-refractivity contribution is 0.466. The Morgan fingerprint density at radius 3 is 2.31 bits per heavy atom. The van der Waals surface area contributed by atoms with Gasteiger partial charge in [-0.15, -0.1) is 0 Å². The zero-order chi connectivity index (χ0) is 9.84. The van der Waals surface area contributed by atoms with Crippen LogP contribution in [0.25, 0.3) is 0 Å². The van der Waals surface area contributed by atoms with Crippen molar-refractivity contribution in [2.45, 2.75) is 20.3 Å². The van der Waals surface area contributed by atoms with E-state index < -0.39 is 0 Å². The van der Waals surface area contributed by atoms with E-state index in [0.29, 0.717) is 5.75 Å². The molecular weight excluding hydrogens is 186 g/mol. The lowest BCUT2D eigenvalue weighted by atomic mass is 10.0. The molecule has 0 bridgehead atoms. The van der Waals surface area contributed by atoms with Crippen molar-refractivity contribution >= 4 is 11.8 Å². The number of benzene rings is 1. The smallest absolute Gasteiger partial charge is 0.121 e. The molecule has 3 heteroatoms. The third kappa shape index (κ3) is 2.61. The maximum atomic E-state index is 9.51. The average Bonchev–Trinajstić information content (AvgIpc) is 2.10. The van der Waals surface area contributed by atoms with E-state index in [0.717, 1.165) is 24.1 Å². The summed E-state index contributed by atoms with van der Waals surface area (Å²) in [5.74, 6) is 0.391. The predicted octanol–water partition coefficient (Wildman–Crippen LogP) is 2.29. The molecular formula is C10H14ClNO. The normalized spacial score (nSPS) is 10.4. The van der Waals surface area contributed by atoms with Crippen molar-refractivity contribution in [2.75, 3.05) is 6.54 Å². The van der Waals surface area contributed by atoms with Gasteiger partial charge in [0.25, 0.3) is 0 Å². The third-order valence-corrected chi connectivity index (χ3v) is 2.25. The van der Waals surface area contributed by atoms with Crippen LogP contribution in [-0.2, 0) is 6.42 Å². The molecule has 2 nitrogen and oxygen atoms in total. The molecule has 1 aromatic carbocycles. The molecule has 0 saturated carbocycles. The van der Waals surface area contributed by atoms with E-state index in [4.69, 9.17) is 11.8 Å². The zero-order valence-electron chi connectivity index (χ0n) is 7.89. The number of phenolic OH excluding ortho intramolecular Hbond substituents is 1. The highest BCUT2D eigenvalue weighted by atomic mass is 35.5. The molecule has 0 aromatic heterocycles. The molecule has 2 N–H and O–H groups in total. The Hall–Kier alpha value is -0.730. The van der Waals surface area contributed by atoms with E-state index >= 15 is 0 Å². The van der Waals surface area contributed by atoms with Crippen LogP contribution in [0.5, 0.6) is 5.75 Å². The van der Waals surface area contributed by atoms with E-state index in [1.165, 1.54) is 5.56 Å². The fourth-order valence-corrected chi connectivity index (χ4v) is 1.48. The summed E-state index contributed by atoms with van der Waals surface area (Å²) in [6.07, 6.45) is 0.880. The second kappa shape index (κ2) is 4.49. The summed E-state index contributed by atoms with van der Waals surface area (Å²) in [5.41, 5.74) is 3.04. The van der Waals surface area contributed by atoms with Crippen molar-refractivity contribution in [1.29, 1.82) is 0 Å². The quantitative estimate of drug-likeness (QED) is 0.733. The molecule has 0 radical (unpaired) electrons. The Labute approximate surface area is 83.7 Å². The van der Waals surface area contributed by atoms with Gasteiger partial charge >= 0.3 is 0 Å². The van der Waals surface area contributed by atoms with Crippen molar-refractivity contribution in [3.05, 3.63) is 28.8 Å². The second-order valence-electron chi connectivity index (χ2n) is 3.21. The van der Waals surface area contributed by atoms with Crippen LogP contribution < -0.4 is 4.84 Å². The van der Waals surface area contributed by atoms with Crippen LogP contribution in [0.2, 0.25) is 0 Å². The lowest BCUT2D eigenvalue weighted by Gasteiger charge is -2.06. The average molecular weight is 200 g/mol. The second-order valence-corrected chi connectivity index (χ2v) is 3.48. The topological polar surface area (TPSA) is 32.3 Å². The van der Waals surface area contributed by atoms with E-state index in [9.17, 15) is 5.11 Å². The molecule has 1 rings (SSSR count). The lowest BCUT2D eigenvalue weighted by Crippen LogP contribution is -2.04. The summed E-state index contributed by atoms with van der Waals surface area (Å²) < 4.78 is 0. The molecule has 0 aliphatic carbocycles. The van der Waals surface area contributed by atoms with Gasteiger partial charge < -0.3 is 5.11 Å². The van der Waals surface area contributed by atoms with Gasteiger partial charge in [-0.1, -0.05) is 12.1 Å². The van der Waals surface area contributed by atoms with Gasteiger partial charge in [-0.3, -0.25) is 0 Å². The highest BCUT2D eigenvalue weighted by Gasteiger charge is 2.02. The van der Waals surface area contributed by atoms with Crippen molar-refractivity contribution in [2.24, 2.45) is 0 Å². The number of aromatic hydroxyl groups is 1. The number of nitrogens with one attached hydrogen (secondary N) is 1. The number of halogens is 1. The van der Waals surface area contributed by atoms with E-state index in [1.54, 1.807) is 0 Å². The van der Waals surface area contributed by atoms with Crippen molar-refractivity contribution in [1.82, 2.24) is 4.84 Å². The number of phenols is 1. The first-order chi connectivity index (χ1) is 6.15. The summed E-state index contributed by atoms with van der Waals surface area (Å²) in [7, 11) is 0. The van der Waals surface area contributed by atoms with Gasteiger partial charge in [0.1, 0.15) is 5.75 Å². The van der Waals surface area contributed by atoms with Gasteiger partial charge in [0.15, 0.2) is 0 Å². The fourth-order valence-electron chi connectivity index (χ4n) is 1.38. The van der Waals surface area contributed by atoms with Crippen LogP contribution >= 0.6 is 11.8 Å². The highest BCUT2D eigenvalue weighted by molar-refractivity contribution is 6.13. The molecule has 0 atom stereocenters. The van der Waals surface area contributed by atoms with Crippen molar-refractivity contribution in [3.8, 4) is 5.75 Å². The summed E-state index contributed by atoms with van der Waals surface area (Å²) in [6, 6.07) is 3.97. The van der Waals surface area contributed by atoms with E-state index in [1.807, 2.05) is 26.0 Å². The molecule has 0 fully saturated rings. The third-order valence-electron chi connectivity index (χ3n) is 2.06. The highest BCUT2D eigenvalue weighted by Crippen LogP contribution is 2.22. The van der Waals surface area contributed by atoms with Crippen LogP contribution in [0.4, 0.5) is 0 Å². The Balaban J connectivity index is 2.86. The van der Waals surface area contributed by atoms with Crippen molar-refractivity contribution in [3.63, 3.8) is 0 Å². The molecule has 0 heterocycles. The summed E-state index contributed by atoms with van der Waals surface area (Å²) >= 11 is 5.36. The minimum Gasteiger partial charge on any atom is -0.507 e. The zero-order valence-corrected chi connectivity index (χ0v) is 8.65. The molecule has 72 valence electrons. The molecule has 0 spiro atoms. The Kier molecular flexibility index (Phi) is 3.58. The van der Waals surface area contributed by atoms with Crippen LogP contribution in [0.3, 0.4) is 0 Å². The SMILES string of the molecule is Cc1cc(CCNCl)cc(C)c1O. The number of hydrogen-bond donors (Lipinski definition) is 2. The van der Waals surface area contributed by atoms with Gasteiger partial charge in [0, 0.05) is 6.54 Å². The fraction of sp³-hybridized carbons (Fsp3) is 0.400. The van der Waals surface area contributed by atoms with Gasteiger partial charge in [0.05, 0.1) is 0 Å². The minimum atomic E-state index is 0.391. The molecule has 13 heavy (non-hydrogen) atoms. The number of hydrogen-bond acceptors (Lipinski definition) is 2. The first-order valence-corrected chi connectivity index (χ1v) is 4.65. The van der Waals surface area contributed by atoms with Crippen molar-refractivity contribution < 1.29 is 5.11 Å². The predicted molar refractivity (Wildman–Crippen MR) is 55.1 cm³/mol. The van der Waals surface area contributed by atoms with Crippen LogP contribution in [-0.4, -0.2) is 11.7 Å². The minimum absolute atomic E-state index is 0.391. The number of aryl methyl sites for hydroxylation is 2. The van der Waals surface area contributed by atoms with Gasteiger partial charge in [-0.2, -0.15) is 0 Å². The molecule has 0 amide bonds. The molecule has 0 saturated heterocycles. The molecule has 1 aromatic rings. The maximum Gasteiger partial charge on any atom is 0.121 e. The van der Waals surface area contributed by atoms with Gasteiger partial charge in [-0.25, -0.2) is 4.84 Å². The van der Waals surface area contributed by atoms with Gasteiger partial charge in [0.2, 0.25) is 0 Å². The van der Waals surface area contributed by atoms with Crippen LogP contribution in [0, 0.1) is 13.8 Å². The van der Waals surface area contributed by atoms with Gasteiger partial charge in [-0.05, 0) is 48.7 Å². The first kappa shape index (κ1) is 10.4. The van der Waals surface area contributed by atoms with E-state index in [-0.39, 0.29) is 0 Å². The standard InChI is InChI=1S/C10H14ClNO/c1-7-5-9(3-4-12-11)6-8(2)10(7)13/h5-6,12-13H,3-4H2,1-2H3. The summed E-state index contributed by atoms with van der Waals surface area (Å²) in [6.45, 7) is 4.55. The molecule has 0 aliphatic rings. The molecule has 0 aliphatic heterocycles. The maximum absolute atomic E-state index is 9.51. The first-order valence-electron chi connectivity index (χ1n) is 4.27. The number of rotatable bonds is 3.